The van der Waals surface area contributed by atoms with Crippen LogP contribution < -0.4 is 5.73 Å². The van der Waals surface area contributed by atoms with E-state index >= 15 is 0 Å². The van der Waals surface area contributed by atoms with E-state index in [1.807, 2.05) is 32.0 Å². The molecule has 1 aromatic heterocycles. The molecular weight excluding hydrogens is 242 g/mol. The standard InChI is InChI=1S/C14H23N3O2/c1-11(2)17(10-12-6-4-5-8-16-12)14(18)13(15)7-9-19-3/h4-6,8,11,13H,7,9-10,15H2,1-3H3. The number of rotatable bonds is 7. The van der Waals surface area contributed by atoms with Crippen molar-refractivity contribution >= 4 is 5.91 Å². The highest BCUT2D eigenvalue weighted by atomic mass is 16.5. The minimum Gasteiger partial charge on any atom is -0.385 e. The third kappa shape index (κ3) is 4.96. The lowest BCUT2D eigenvalue weighted by Gasteiger charge is -2.29. The molecule has 0 bridgehead atoms. The second kappa shape index (κ2) is 7.86. The molecule has 1 heterocycles. The SMILES string of the molecule is COCCC(N)C(=O)N(Cc1ccccn1)C(C)C. The molecule has 2 N–H and O–H groups in total. The van der Waals surface area contributed by atoms with Gasteiger partial charge in [-0.2, -0.15) is 0 Å². The number of ether oxygens (including phenoxy) is 1. The first-order valence-electron chi connectivity index (χ1n) is 6.51. The minimum absolute atomic E-state index is 0.0577. The molecule has 0 radical (unpaired) electrons. The van der Waals surface area contributed by atoms with Crippen LogP contribution in [0.3, 0.4) is 0 Å². The van der Waals surface area contributed by atoms with Crippen LogP contribution in [0.15, 0.2) is 24.4 Å². The molecule has 1 unspecified atom stereocenters. The third-order valence-electron chi connectivity index (χ3n) is 2.92. The van der Waals surface area contributed by atoms with Gasteiger partial charge in [0.1, 0.15) is 0 Å². The zero-order chi connectivity index (χ0) is 14.3. The molecule has 0 spiro atoms. The Morgan fingerprint density at radius 3 is 2.74 bits per heavy atom. The number of aromatic nitrogens is 1. The molecule has 5 heteroatoms. The van der Waals surface area contributed by atoms with Crippen molar-refractivity contribution in [2.45, 2.75) is 38.9 Å². The smallest absolute Gasteiger partial charge is 0.240 e. The first kappa shape index (κ1) is 15.6. The molecule has 0 fully saturated rings. The molecule has 0 saturated heterocycles. The molecule has 0 aromatic carbocycles. The van der Waals surface area contributed by atoms with Gasteiger partial charge in [0, 0.05) is 26.0 Å². The highest BCUT2D eigenvalue weighted by molar-refractivity contribution is 5.81. The number of nitrogens with zero attached hydrogens (tertiary/aromatic N) is 2. The number of carbonyl (C=O) groups excluding carboxylic acids is 1. The van der Waals surface area contributed by atoms with Gasteiger partial charge in [-0.25, -0.2) is 0 Å². The van der Waals surface area contributed by atoms with Crippen LogP contribution in [-0.4, -0.2) is 41.6 Å². The van der Waals surface area contributed by atoms with Crippen molar-refractivity contribution in [2.24, 2.45) is 5.73 Å². The minimum atomic E-state index is -0.522. The number of carbonyl (C=O) groups is 1. The first-order chi connectivity index (χ1) is 9.06. The molecule has 19 heavy (non-hydrogen) atoms. The number of hydrogen-bond acceptors (Lipinski definition) is 4. The topological polar surface area (TPSA) is 68.5 Å². The molecule has 1 rings (SSSR count). The predicted molar refractivity (Wildman–Crippen MR) is 74.4 cm³/mol. The average Bonchev–Trinajstić information content (AvgIpc) is 2.42. The van der Waals surface area contributed by atoms with Gasteiger partial charge >= 0.3 is 0 Å². The number of nitrogens with two attached hydrogens (primary N) is 1. The van der Waals surface area contributed by atoms with E-state index in [9.17, 15) is 4.79 Å². The molecular formula is C14H23N3O2. The van der Waals surface area contributed by atoms with Crippen molar-refractivity contribution in [3.05, 3.63) is 30.1 Å². The van der Waals surface area contributed by atoms with Gasteiger partial charge in [0.05, 0.1) is 18.3 Å². The van der Waals surface area contributed by atoms with Crippen LogP contribution in [0.4, 0.5) is 0 Å². The van der Waals surface area contributed by atoms with Gasteiger partial charge in [-0.15, -0.1) is 0 Å². The van der Waals surface area contributed by atoms with Crippen LogP contribution in [-0.2, 0) is 16.1 Å². The summed E-state index contributed by atoms with van der Waals surface area (Å²) >= 11 is 0. The fraction of sp³-hybridized carbons (Fsp3) is 0.571. The first-order valence-corrected chi connectivity index (χ1v) is 6.51. The fourth-order valence-electron chi connectivity index (χ4n) is 1.76. The average molecular weight is 265 g/mol. The van der Waals surface area contributed by atoms with Crippen LogP contribution in [0.25, 0.3) is 0 Å². The summed E-state index contributed by atoms with van der Waals surface area (Å²) in [6, 6.07) is 5.24. The monoisotopic (exact) mass is 265 g/mol. The zero-order valence-corrected chi connectivity index (χ0v) is 11.9. The molecule has 0 aliphatic heterocycles. The predicted octanol–water partition coefficient (Wildman–Crippen LogP) is 1.18. The molecule has 1 aromatic rings. The Hall–Kier alpha value is -1.46. The molecule has 106 valence electrons. The summed E-state index contributed by atoms with van der Waals surface area (Å²) in [4.78, 5) is 18.3. The molecule has 5 nitrogen and oxygen atoms in total. The summed E-state index contributed by atoms with van der Waals surface area (Å²) < 4.78 is 4.96. The van der Waals surface area contributed by atoms with Gasteiger partial charge in [0.2, 0.25) is 5.91 Å². The maximum atomic E-state index is 12.3. The summed E-state index contributed by atoms with van der Waals surface area (Å²) in [6.07, 6.45) is 2.25. The van der Waals surface area contributed by atoms with Crippen LogP contribution in [0.2, 0.25) is 0 Å². The van der Waals surface area contributed by atoms with E-state index in [2.05, 4.69) is 4.98 Å². The van der Waals surface area contributed by atoms with E-state index in [0.29, 0.717) is 19.6 Å². The van der Waals surface area contributed by atoms with Crippen LogP contribution in [0.5, 0.6) is 0 Å². The number of methoxy groups -OCH3 is 1. The maximum Gasteiger partial charge on any atom is 0.240 e. The quantitative estimate of drug-likeness (QED) is 0.804. The lowest BCUT2D eigenvalue weighted by Crippen LogP contribution is -2.47. The summed E-state index contributed by atoms with van der Waals surface area (Å²) in [5.41, 5.74) is 6.77. The van der Waals surface area contributed by atoms with E-state index in [0.717, 1.165) is 5.69 Å². The number of hydrogen-bond donors (Lipinski definition) is 1. The van der Waals surface area contributed by atoms with Gasteiger partial charge in [-0.05, 0) is 32.4 Å². The van der Waals surface area contributed by atoms with Crippen molar-refractivity contribution in [3.63, 3.8) is 0 Å². The maximum absolute atomic E-state index is 12.3. The molecule has 0 aliphatic carbocycles. The van der Waals surface area contributed by atoms with Crippen molar-refractivity contribution < 1.29 is 9.53 Å². The Labute approximate surface area is 114 Å². The molecule has 1 amide bonds. The van der Waals surface area contributed by atoms with Crippen LogP contribution in [0.1, 0.15) is 26.0 Å². The van der Waals surface area contributed by atoms with E-state index in [4.69, 9.17) is 10.5 Å². The summed E-state index contributed by atoms with van der Waals surface area (Å²) in [5.74, 6) is -0.0577. The summed E-state index contributed by atoms with van der Waals surface area (Å²) in [6.45, 7) is 4.92. The van der Waals surface area contributed by atoms with Crippen molar-refractivity contribution in [1.29, 1.82) is 0 Å². The van der Waals surface area contributed by atoms with Gasteiger partial charge in [-0.3, -0.25) is 9.78 Å². The van der Waals surface area contributed by atoms with Crippen molar-refractivity contribution in [2.75, 3.05) is 13.7 Å². The Kier molecular flexibility index (Phi) is 6.45. The van der Waals surface area contributed by atoms with E-state index < -0.39 is 6.04 Å². The second-order valence-electron chi connectivity index (χ2n) is 4.77. The molecule has 0 saturated carbocycles. The van der Waals surface area contributed by atoms with Gasteiger partial charge in [0.15, 0.2) is 0 Å². The second-order valence-corrected chi connectivity index (χ2v) is 4.77. The highest BCUT2D eigenvalue weighted by Crippen LogP contribution is 2.09. The fourth-order valence-corrected chi connectivity index (χ4v) is 1.76. The molecule has 1 atom stereocenters. The van der Waals surface area contributed by atoms with Crippen molar-refractivity contribution in [1.82, 2.24) is 9.88 Å². The number of amides is 1. The van der Waals surface area contributed by atoms with E-state index in [1.54, 1.807) is 18.2 Å². The zero-order valence-electron chi connectivity index (χ0n) is 11.9. The van der Waals surface area contributed by atoms with Gasteiger partial charge in [-0.1, -0.05) is 6.07 Å². The Morgan fingerprint density at radius 1 is 1.47 bits per heavy atom. The van der Waals surface area contributed by atoms with Gasteiger partial charge < -0.3 is 15.4 Å². The third-order valence-corrected chi connectivity index (χ3v) is 2.92. The Balaban J connectivity index is 2.69. The van der Waals surface area contributed by atoms with Crippen LogP contribution in [0, 0.1) is 0 Å². The lowest BCUT2D eigenvalue weighted by molar-refractivity contribution is -0.135. The normalized spacial score (nSPS) is 12.5. The number of pyridine rings is 1. The van der Waals surface area contributed by atoms with Crippen LogP contribution >= 0.6 is 0 Å². The summed E-state index contributed by atoms with van der Waals surface area (Å²) in [5, 5.41) is 0. The van der Waals surface area contributed by atoms with E-state index in [-0.39, 0.29) is 11.9 Å². The van der Waals surface area contributed by atoms with E-state index in [1.165, 1.54) is 0 Å². The van der Waals surface area contributed by atoms with Gasteiger partial charge in [0.25, 0.3) is 0 Å². The summed E-state index contributed by atoms with van der Waals surface area (Å²) in [7, 11) is 1.60. The van der Waals surface area contributed by atoms with Crippen molar-refractivity contribution in [3.8, 4) is 0 Å². The largest absolute Gasteiger partial charge is 0.385 e. The Morgan fingerprint density at radius 2 is 2.21 bits per heavy atom. The molecule has 0 aliphatic rings. The Bertz CT molecular complexity index is 382. The highest BCUT2D eigenvalue weighted by Gasteiger charge is 2.23. The lowest BCUT2D eigenvalue weighted by atomic mass is 10.1.